The summed E-state index contributed by atoms with van der Waals surface area (Å²) in [6, 6.07) is 7.18. The first-order valence-electron chi connectivity index (χ1n) is 9.42. The van der Waals surface area contributed by atoms with Crippen LogP contribution in [0.5, 0.6) is 0 Å². The van der Waals surface area contributed by atoms with Gasteiger partial charge in [-0.05, 0) is 36.6 Å². The summed E-state index contributed by atoms with van der Waals surface area (Å²) in [5.41, 5.74) is 6.98. The fraction of sp³-hybridized carbons (Fsp3) is 0.474. The number of H-pyrrole nitrogens is 1. The molecule has 1 aliphatic rings. The van der Waals surface area contributed by atoms with Gasteiger partial charge in [-0.1, -0.05) is 25.7 Å². The summed E-state index contributed by atoms with van der Waals surface area (Å²) < 4.78 is 0. The second-order valence-electron chi connectivity index (χ2n) is 6.90. The predicted octanol–water partition coefficient (Wildman–Crippen LogP) is 2.38. The monoisotopic (exact) mass is 406 g/mol. The van der Waals surface area contributed by atoms with E-state index in [1.54, 1.807) is 12.1 Å². The number of hydrogen-bond acceptors (Lipinski definition) is 5. The number of rotatable bonds is 8. The van der Waals surface area contributed by atoms with Gasteiger partial charge in [-0.25, -0.2) is 4.98 Å². The molecule has 0 bridgehead atoms. The van der Waals surface area contributed by atoms with E-state index in [2.05, 4.69) is 25.8 Å². The molecule has 1 aliphatic carbocycles. The van der Waals surface area contributed by atoms with Crippen molar-refractivity contribution in [2.45, 2.75) is 45.1 Å². The first-order valence-corrected chi connectivity index (χ1v) is 9.42. The Morgan fingerprint density at radius 2 is 1.86 bits per heavy atom. The van der Waals surface area contributed by atoms with E-state index in [-0.39, 0.29) is 30.8 Å². The molecular formula is C19H27ClN6O2. The number of carbonyl (C=O) groups excluding carboxylic acids is 2. The van der Waals surface area contributed by atoms with Crippen LogP contribution in [0, 0.1) is 5.92 Å². The quantitative estimate of drug-likeness (QED) is 0.535. The minimum Gasteiger partial charge on any atom is -0.347 e. The average Bonchev–Trinajstić information content (AvgIpc) is 3.37. The minimum atomic E-state index is -0.250. The zero-order valence-corrected chi connectivity index (χ0v) is 16.6. The molecule has 0 saturated heterocycles. The van der Waals surface area contributed by atoms with Crippen molar-refractivity contribution in [1.82, 2.24) is 20.5 Å². The van der Waals surface area contributed by atoms with E-state index in [1.165, 1.54) is 25.7 Å². The van der Waals surface area contributed by atoms with Gasteiger partial charge in [0.05, 0.1) is 13.1 Å². The van der Waals surface area contributed by atoms with Gasteiger partial charge in [-0.3, -0.25) is 14.7 Å². The van der Waals surface area contributed by atoms with E-state index in [1.807, 2.05) is 12.1 Å². The van der Waals surface area contributed by atoms with Crippen molar-refractivity contribution in [3.63, 3.8) is 0 Å². The maximum absolute atomic E-state index is 12.0. The highest BCUT2D eigenvalue weighted by molar-refractivity contribution is 5.94. The van der Waals surface area contributed by atoms with Gasteiger partial charge in [-0.15, -0.1) is 12.4 Å². The van der Waals surface area contributed by atoms with E-state index in [0.29, 0.717) is 36.2 Å². The fourth-order valence-electron chi connectivity index (χ4n) is 3.33. The van der Waals surface area contributed by atoms with E-state index in [0.717, 1.165) is 12.0 Å². The number of carbonyl (C=O) groups is 2. The molecule has 1 fully saturated rings. The van der Waals surface area contributed by atoms with Gasteiger partial charge in [0.25, 0.3) is 0 Å². The SMILES string of the molecule is Cl.NCc1nc(-c2ccc(NC(=O)CNC(=O)CCC3CCCC3)cc2)n[nH]1. The van der Waals surface area contributed by atoms with Gasteiger partial charge in [0.1, 0.15) is 5.82 Å². The van der Waals surface area contributed by atoms with Gasteiger partial charge in [0.2, 0.25) is 11.8 Å². The Kier molecular flexibility index (Phi) is 8.41. The lowest BCUT2D eigenvalue weighted by Gasteiger charge is -2.09. The summed E-state index contributed by atoms with van der Waals surface area (Å²) in [7, 11) is 0. The topological polar surface area (TPSA) is 126 Å². The molecule has 0 aliphatic heterocycles. The van der Waals surface area contributed by atoms with Crippen molar-refractivity contribution in [2.24, 2.45) is 11.7 Å². The summed E-state index contributed by atoms with van der Waals surface area (Å²) in [6.45, 7) is 0.277. The number of halogens is 1. The molecule has 0 radical (unpaired) electrons. The molecule has 9 heteroatoms. The Morgan fingerprint density at radius 1 is 1.14 bits per heavy atom. The molecule has 3 rings (SSSR count). The molecule has 1 heterocycles. The van der Waals surface area contributed by atoms with Crippen molar-refractivity contribution >= 4 is 29.9 Å². The summed E-state index contributed by atoms with van der Waals surface area (Å²) in [5.74, 6) is 1.54. The van der Waals surface area contributed by atoms with Gasteiger partial charge in [-0.2, -0.15) is 5.10 Å². The van der Waals surface area contributed by atoms with Crippen molar-refractivity contribution in [3.8, 4) is 11.4 Å². The lowest BCUT2D eigenvalue weighted by Crippen LogP contribution is -2.32. The highest BCUT2D eigenvalue weighted by Crippen LogP contribution is 2.28. The van der Waals surface area contributed by atoms with Crippen molar-refractivity contribution in [2.75, 3.05) is 11.9 Å². The predicted molar refractivity (Wildman–Crippen MR) is 110 cm³/mol. The molecule has 1 aromatic heterocycles. The molecule has 28 heavy (non-hydrogen) atoms. The van der Waals surface area contributed by atoms with Crippen LogP contribution in [0.1, 0.15) is 44.3 Å². The number of aromatic amines is 1. The zero-order chi connectivity index (χ0) is 19.1. The summed E-state index contributed by atoms with van der Waals surface area (Å²) in [6.07, 6.45) is 6.42. The van der Waals surface area contributed by atoms with E-state index in [4.69, 9.17) is 5.73 Å². The molecule has 1 saturated carbocycles. The number of aromatic nitrogens is 3. The number of amides is 2. The van der Waals surface area contributed by atoms with E-state index in [9.17, 15) is 9.59 Å². The Bertz CT molecular complexity index is 771. The molecular weight excluding hydrogens is 380 g/mol. The van der Waals surface area contributed by atoms with Crippen LogP contribution in [-0.4, -0.2) is 33.5 Å². The number of nitrogens with two attached hydrogens (primary N) is 1. The van der Waals surface area contributed by atoms with Crippen molar-refractivity contribution in [1.29, 1.82) is 0 Å². The van der Waals surface area contributed by atoms with Crippen LogP contribution in [0.25, 0.3) is 11.4 Å². The largest absolute Gasteiger partial charge is 0.347 e. The molecule has 1 aromatic carbocycles. The van der Waals surface area contributed by atoms with Crippen LogP contribution in [0.15, 0.2) is 24.3 Å². The number of anilines is 1. The Balaban J connectivity index is 0.00000280. The second kappa shape index (κ2) is 10.8. The van der Waals surface area contributed by atoms with Crippen LogP contribution in [0.4, 0.5) is 5.69 Å². The Hall–Kier alpha value is -2.45. The first kappa shape index (κ1) is 21.8. The highest BCUT2D eigenvalue weighted by Gasteiger charge is 2.16. The highest BCUT2D eigenvalue weighted by atomic mass is 35.5. The fourth-order valence-corrected chi connectivity index (χ4v) is 3.33. The summed E-state index contributed by atoms with van der Waals surface area (Å²) in [5, 5.41) is 12.3. The lowest BCUT2D eigenvalue weighted by atomic mass is 10.0. The molecule has 0 unspecified atom stereocenters. The Morgan fingerprint density at radius 3 is 2.50 bits per heavy atom. The number of nitrogens with one attached hydrogen (secondary N) is 3. The summed E-state index contributed by atoms with van der Waals surface area (Å²) in [4.78, 5) is 28.1. The van der Waals surface area contributed by atoms with Crippen LogP contribution in [0.2, 0.25) is 0 Å². The third kappa shape index (κ3) is 6.31. The second-order valence-corrected chi connectivity index (χ2v) is 6.90. The van der Waals surface area contributed by atoms with Crippen LogP contribution in [-0.2, 0) is 16.1 Å². The Labute approximate surface area is 170 Å². The number of nitrogens with zero attached hydrogens (tertiary/aromatic N) is 2. The average molecular weight is 407 g/mol. The molecule has 5 N–H and O–H groups in total. The smallest absolute Gasteiger partial charge is 0.243 e. The molecule has 2 aromatic rings. The van der Waals surface area contributed by atoms with Gasteiger partial charge in [0.15, 0.2) is 5.82 Å². The van der Waals surface area contributed by atoms with Crippen molar-refractivity contribution in [3.05, 3.63) is 30.1 Å². The standard InChI is InChI=1S/C19H26N6O2.ClH/c20-11-16-23-19(25-24-16)14-6-8-15(9-7-14)22-18(27)12-21-17(26)10-5-13-3-1-2-4-13;/h6-9,13H,1-5,10-12,20H2,(H,21,26)(H,22,27)(H,23,24,25);1H. The van der Waals surface area contributed by atoms with Crippen LogP contribution < -0.4 is 16.4 Å². The van der Waals surface area contributed by atoms with Crippen LogP contribution >= 0.6 is 12.4 Å². The first-order chi connectivity index (χ1) is 13.1. The normalized spacial score (nSPS) is 13.8. The molecule has 8 nitrogen and oxygen atoms in total. The maximum Gasteiger partial charge on any atom is 0.243 e. The van der Waals surface area contributed by atoms with Gasteiger partial charge >= 0.3 is 0 Å². The lowest BCUT2D eigenvalue weighted by molar-refractivity contribution is -0.124. The zero-order valence-electron chi connectivity index (χ0n) is 15.7. The van der Waals surface area contributed by atoms with Crippen molar-refractivity contribution < 1.29 is 9.59 Å². The van der Waals surface area contributed by atoms with E-state index >= 15 is 0 Å². The molecule has 2 amide bonds. The third-order valence-electron chi connectivity index (χ3n) is 4.85. The van der Waals surface area contributed by atoms with E-state index < -0.39 is 0 Å². The third-order valence-corrected chi connectivity index (χ3v) is 4.85. The number of benzene rings is 1. The molecule has 0 spiro atoms. The van der Waals surface area contributed by atoms with Gasteiger partial charge in [0, 0.05) is 17.7 Å². The molecule has 0 atom stereocenters. The van der Waals surface area contributed by atoms with Crippen LogP contribution in [0.3, 0.4) is 0 Å². The maximum atomic E-state index is 12.0. The molecule has 152 valence electrons. The minimum absolute atomic E-state index is 0. The number of hydrogen-bond donors (Lipinski definition) is 4. The van der Waals surface area contributed by atoms with Gasteiger partial charge < -0.3 is 16.4 Å². The summed E-state index contributed by atoms with van der Waals surface area (Å²) >= 11 is 0.